The molecule has 0 aromatic rings. The molecule has 16 heavy (non-hydrogen) atoms. The normalized spacial score (nSPS) is 31.3. The smallest absolute Gasteiger partial charge is 0.0558 e. The van der Waals surface area contributed by atoms with E-state index in [9.17, 15) is 0 Å². The van der Waals surface area contributed by atoms with Gasteiger partial charge in [-0.05, 0) is 52.6 Å². The Morgan fingerprint density at radius 2 is 1.31 bits per heavy atom. The minimum atomic E-state index is 0.324. The minimum absolute atomic E-state index is 0.324. The second-order valence-corrected chi connectivity index (χ2v) is 5.62. The quantitative estimate of drug-likeness (QED) is 0.766. The Kier molecular flexibility index (Phi) is 4.22. The van der Waals surface area contributed by atoms with E-state index in [-0.39, 0.29) is 0 Å². The molecule has 2 saturated carbocycles. The highest BCUT2D eigenvalue weighted by molar-refractivity contribution is 4.91. The monoisotopic (exact) mass is 226 g/mol. The molecule has 0 spiro atoms. The summed E-state index contributed by atoms with van der Waals surface area (Å²) >= 11 is 0. The van der Waals surface area contributed by atoms with Gasteiger partial charge in [-0.1, -0.05) is 0 Å². The van der Waals surface area contributed by atoms with Crippen LogP contribution in [0.15, 0.2) is 0 Å². The number of hydrogen-bond acceptors (Lipinski definition) is 3. The Bertz CT molecular complexity index is 208. The molecular weight excluding hydrogens is 200 g/mol. The van der Waals surface area contributed by atoms with Crippen LogP contribution in [0.25, 0.3) is 0 Å². The van der Waals surface area contributed by atoms with Crippen LogP contribution in [0.2, 0.25) is 0 Å². The molecular formula is C13H26N2O. The molecule has 2 rings (SSSR count). The maximum absolute atomic E-state index is 9.13. The van der Waals surface area contributed by atoms with Gasteiger partial charge in [-0.25, -0.2) is 0 Å². The molecule has 0 unspecified atom stereocenters. The van der Waals surface area contributed by atoms with Crippen molar-refractivity contribution < 1.29 is 5.11 Å². The van der Waals surface area contributed by atoms with Gasteiger partial charge in [0.2, 0.25) is 0 Å². The summed E-state index contributed by atoms with van der Waals surface area (Å²) in [5.41, 5.74) is 0. The van der Waals surface area contributed by atoms with Crippen LogP contribution < -0.4 is 0 Å². The Hall–Kier alpha value is -0.120. The number of rotatable bonds is 5. The molecule has 2 aliphatic rings. The summed E-state index contributed by atoms with van der Waals surface area (Å²) in [4.78, 5) is 4.94. The number of aliphatic hydroxyl groups excluding tert-OH is 1. The van der Waals surface area contributed by atoms with E-state index in [1.54, 1.807) is 0 Å². The van der Waals surface area contributed by atoms with Crippen LogP contribution in [-0.2, 0) is 0 Å². The van der Waals surface area contributed by atoms with E-state index in [1.807, 2.05) is 0 Å². The van der Waals surface area contributed by atoms with Gasteiger partial charge in [-0.2, -0.15) is 0 Å². The Morgan fingerprint density at radius 3 is 1.69 bits per heavy atom. The Labute approximate surface area is 99.4 Å². The summed E-state index contributed by atoms with van der Waals surface area (Å²) < 4.78 is 0. The molecule has 3 heteroatoms. The third-order valence-corrected chi connectivity index (χ3v) is 4.24. The van der Waals surface area contributed by atoms with Gasteiger partial charge in [0.25, 0.3) is 0 Å². The van der Waals surface area contributed by atoms with Crippen LogP contribution >= 0.6 is 0 Å². The highest BCUT2D eigenvalue weighted by Crippen LogP contribution is 2.34. The van der Waals surface area contributed by atoms with Crippen molar-refractivity contribution in [1.82, 2.24) is 9.80 Å². The highest BCUT2D eigenvalue weighted by atomic mass is 16.3. The summed E-state index contributed by atoms with van der Waals surface area (Å²) in [6, 6.07) is 2.33. The molecule has 0 aromatic carbocycles. The van der Waals surface area contributed by atoms with Gasteiger partial charge >= 0.3 is 0 Å². The highest BCUT2D eigenvalue weighted by Gasteiger charge is 2.35. The van der Waals surface area contributed by atoms with Crippen molar-refractivity contribution in [2.45, 2.75) is 56.7 Å². The van der Waals surface area contributed by atoms with Crippen LogP contribution in [0.4, 0.5) is 0 Å². The van der Waals surface area contributed by atoms with Gasteiger partial charge in [0, 0.05) is 24.7 Å². The lowest BCUT2D eigenvalue weighted by atomic mass is 9.89. The van der Waals surface area contributed by atoms with E-state index in [1.165, 1.54) is 38.5 Å². The lowest BCUT2D eigenvalue weighted by Gasteiger charge is -2.38. The first-order valence-corrected chi connectivity index (χ1v) is 6.75. The van der Waals surface area contributed by atoms with Gasteiger partial charge < -0.3 is 10.0 Å². The van der Waals surface area contributed by atoms with Crippen molar-refractivity contribution in [1.29, 1.82) is 0 Å². The number of hydrogen-bond donors (Lipinski definition) is 1. The summed E-state index contributed by atoms with van der Waals surface area (Å²) in [7, 11) is 4.38. The van der Waals surface area contributed by atoms with Crippen LogP contribution in [0, 0.1) is 0 Å². The standard InChI is InChI=1S/C13H26N2O/c1-14(2)11-3-5-12(6-4-11)15(9-10-16)13-7-8-13/h11-13,16H,3-10H2,1-2H3. The van der Waals surface area contributed by atoms with Gasteiger partial charge in [-0.3, -0.25) is 4.90 Å². The third kappa shape index (κ3) is 2.96. The number of nitrogens with zero attached hydrogens (tertiary/aromatic N) is 2. The summed E-state index contributed by atoms with van der Waals surface area (Å²) in [5, 5.41) is 9.13. The zero-order valence-electron chi connectivity index (χ0n) is 10.7. The van der Waals surface area contributed by atoms with Crippen molar-refractivity contribution in [3.05, 3.63) is 0 Å². The van der Waals surface area contributed by atoms with Gasteiger partial charge in [0.1, 0.15) is 0 Å². The molecule has 0 radical (unpaired) electrons. The second kappa shape index (κ2) is 5.48. The van der Waals surface area contributed by atoms with E-state index in [2.05, 4.69) is 23.9 Å². The van der Waals surface area contributed by atoms with E-state index >= 15 is 0 Å². The average molecular weight is 226 g/mol. The van der Waals surface area contributed by atoms with Crippen molar-refractivity contribution in [3.8, 4) is 0 Å². The molecule has 1 N–H and O–H groups in total. The van der Waals surface area contributed by atoms with E-state index in [0.717, 1.165) is 24.7 Å². The first kappa shape index (κ1) is 12.3. The fourth-order valence-corrected chi connectivity index (χ4v) is 3.09. The molecule has 0 saturated heterocycles. The summed E-state index contributed by atoms with van der Waals surface area (Å²) in [5.74, 6) is 0. The van der Waals surface area contributed by atoms with Crippen molar-refractivity contribution in [2.24, 2.45) is 0 Å². The molecule has 0 aromatic heterocycles. The first-order chi connectivity index (χ1) is 7.72. The Morgan fingerprint density at radius 1 is 0.875 bits per heavy atom. The van der Waals surface area contributed by atoms with Gasteiger partial charge in [0.05, 0.1) is 6.61 Å². The predicted octanol–water partition coefficient (Wildman–Crippen LogP) is 1.32. The first-order valence-electron chi connectivity index (χ1n) is 6.75. The molecule has 0 aliphatic heterocycles. The topological polar surface area (TPSA) is 26.7 Å². The maximum Gasteiger partial charge on any atom is 0.0558 e. The molecule has 94 valence electrons. The van der Waals surface area contributed by atoms with E-state index in [4.69, 9.17) is 5.11 Å². The van der Waals surface area contributed by atoms with E-state index < -0.39 is 0 Å². The lowest BCUT2D eigenvalue weighted by Crippen LogP contribution is -2.44. The summed E-state index contributed by atoms with van der Waals surface area (Å²) in [6.07, 6.45) is 8.00. The Balaban J connectivity index is 1.81. The molecule has 0 amide bonds. The maximum atomic E-state index is 9.13. The predicted molar refractivity (Wildman–Crippen MR) is 66.5 cm³/mol. The largest absolute Gasteiger partial charge is 0.395 e. The number of aliphatic hydroxyl groups is 1. The SMILES string of the molecule is CN(C)C1CCC(N(CCO)C2CC2)CC1. The van der Waals surface area contributed by atoms with Crippen molar-refractivity contribution >= 4 is 0 Å². The van der Waals surface area contributed by atoms with Crippen LogP contribution in [0.5, 0.6) is 0 Å². The molecule has 0 atom stereocenters. The van der Waals surface area contributed by atoms with Crippen LogP contribution in [-0.4, -0.2) is 60.3 Å². The summed E-state index contributed by atoms with van der Waals surface area (Å²) in [6.45, 7) is 1.21. The lowest BCUT2D eigenvalue weighted by molar-refractivity contribution is 0.0924. The van der Waals surface area contributed by atoms with Gasteiger partial charge in [0.15, 0.2) is 0 Å². The zero-order chi connectivity index (χ0) is 11.5. The van der Waals surface area contributed by atoms with E-state index in [0.29, 0.717) is 6.61 Å². The molecule has 3 nitrogen and oxygen atoms in total. The van der Waals surface area contributed by atoms with Crippen LogP contribution in [0.1, 0.15) is 38.5 Å². The molecule has 2 aliphatic carbocycles. The molecule has 2 fully saturated rings. The molecule has 0 bridgehead atoms. The second-order valence-electron chi connectivity index (χ2n) is 5.62. The van der Waals surface area contributed by atoms with Crippen LogP contribution in [0.3, 0.4) is 0 Å². The zero-order valence-corrected chi connectivity index (χ0v) is 10.7. The fraction of sp³-hybridized carbons (Fsp3) is 1.00. The van der Waals surface area contributed by atoms with Crippen molar-refractivity contribution in [2.75, 3.05) is 27.2 Å². The molecule has 0 heterocycles. The third-order valence-electron chi connectivity index (χ3n) is 4.24. The van der Waals surface area contributed by atoms with Gasteiger partial charge in [-0.15, -0.1) is 0 Å². The minimum Gasteiger partial charge on any atom is -0.395 e. The average Bonchev–Trinajstić information content (AvgIpc) is 3.10. The van der Waals surface area contributed by atoms with Crippen molar-refractivity contribution in [3.63, 3.8) is 0 Å². The fourth-order valence-electron chi connectivity index (χ4n) is 3.09.